The Labute approximate surface area is 107 Å². The summed E-state index contributed by atoms with van der Waals surface area (Å²) < 4.78 is 13.6. The number of carbonyl (C=O) groups is 1. The van der Waals surface area contributed by atoms with Crippen LogP contribution in [0.15, 0.2) is 12.1 Å². The largest absolute Gasteiger partial charge is 0.398 e. The van der Waals surface area contributed by atoms with Crippen LogP contribution in [0.2, 0.25) is 0 Å². The molecular weight excluding hydrogens is 231 g/mol. The number of nitrogens with two attached hydrogens (primary N) is 1. The summed E-state index contributed by atoms with van der Waals surface area (Å²) in [4.78, 5) is 14.1. The van der Waals surface area contributed by atoms with Gasteiger partial charge in [-0.3, -0.25) is 4.79 Å². The van der Waals surface area contributed by atoms with Gasteiger partial charge in [0.25, 0.3) is 5.91 Å². The lowest BCUT2D eigenvalue weighted by Crippen LogP contribution is -2.39. The van der Waals surface area contributed by atoms with E-state index in [1.54, 1.807) is 17.9 Å². The van der Waals surface area contributed by atoms with Gasteiger partial charge in [-0.25, -0.2) is 4.39 Å². The molecule has 1 amide bonds. The molecule has 0 radical (unpaired) electrons. The van der Waals surface area contributed by atoms with Crippen LogP contribution >= 0.6 is 0 Å². The number of nitrogens with zero attached hydrogens (tertiary/aromatic N) is 1. The number of carbonyl (C=O) groups excluding carboxylic acids is 1. The van der Waals surface area contributed by atoms with Gasteiger partial charge in [-0.15, -0.1) is 0 Å². The van der Waals surface area contributed by atoms with Crippen molar-refractivity contribution in [2.24, 2.45) is 5.92 Å². The van der Waals surface area contributed by atoms with E-state index in [9.17, 15) is 9.18 Å². The highest BCUT2D eigenvalue weighted by Gasteiger charge is 2.23. The number of rotatable bonds is 1. The summed E-state index contributed by atoms with van der Waals surface area (Å²) in [5, 5.41) is 0. The first-order chi connectivity index (χ1) is 8.49. The lowest BCUT2D eigenvalue weighted by atomic mass is 9.99. The average molecular weight is 250 g/mol. The fraction of sp³-hybridized carbons (Fsp3) is 0.500. The summed E-state index contributed by atoms with van der Waals surface area (Å²) in [5.74, 6) is -0.0223. The van der Waals surface area contributed by atoms with Gasteiger partial charge in [0, 0.05) is 29.9 Å². The van der Waals surface area contributed by atoms with Crippen molar-refractivity contribution in [2.45, 2.75) is 26.7 Å². The highest BCUT2D eigenvalue weighted by atomic mass is 19.1. The van der Waals surface area contributed by atoms with Gasteiger partial charge in [0.1, 0.15) is 5.82 Å². The minimum Gasteiger partial charge on any atom is -0.398 e. The van der Waals surface area contributed by atoms with Gasteiger partial charge in [0.15, 0.2) is 0 Å². The second kappa shape index (κ2) is 4.96. The van der Waals surface area contributed by atoms with E-state index in [1.807, 2.05) is 0 Å². The van der Waals surface area contributed by atoms with E-state index < -0.39 is 5.82 Å². The smallest absolute Gasteiger partial charge is 0.254 e. The molecule has 4 heteroatoms. The number of anilines is 1. The van der Waals surface area contributed by atoms with Gasteiger partial charge < -0.3 is 10.6 Å². The standard InChI is InChI=1S/C14H19FN2O/c1-9-4-3-5-17(8-9)14(18)11-6-12(15)10(2)13(16)7-11/h6-7,9H,3-5,8,16H2,1-2H3. The number of hydrogen-bond donors (Lipinski definition) is 1. The Bertz CT molecular complexity index is 450. The predicted octanol–water partition coefficient (Wildman–Crippen LogP) is 2.59. The normalized spacial score (nSPS) is 19.9. The van der Waals surface area contributed by atoms with Crippen LogP contribution in [0, 0.1) is 18.7 Å². The van der Waals surface area contributed by atoms with Crippen LogP contribution in [0.3, 0.4) is 0 Å². The third-order valence-electron chi connectivity index (χ3n) is 3.58. The second-order valence-corrected chi connectivity index (χ2v) is 5.17. The maximum absolute atomic E-state index is 13.6. The molecule has 0 saturated carbocycles. The predicted molar refractivity (Wildman–Crippen MR) is 69.9 cm³/mol. The zero-order chi connectivity index (χ0) is 13.3. The zero-order valence-corrected chi connectivity index (χ0v) is 10.9. The molecule has 2 rings (SSSR count). The Hall–Kier alpha value is -1.58. The molecule has 1 unspecified atom stereocenters. The van der Waals surface area contributed by atoms with Crippen molar-refractivity contribution in [3.8, 4) is 0 Å². The third-order valence-corrected chi connectivity index (χ3v) is 3.58. The molecule has 0 aliphatic carbocycles. The van der Waals surface area contributed by atoms with E-state index in [0.717, 1.165) is 25.9 Å². The maximum Gasteiger partial charge on any atom is 0.254 e. The molecule has 2 N–H and O–H groups in total. The van der Waals surface area contributed by atoms with Crippen molar-refractivity contribution in [3.05, 3.63) is 29.1 Å². The summed E-state index contributed by atoms with van der Waals surface area (Å²) in [5.41, 5.74) is 6.79. The molecule has 1 aromatic carbocycles. The molecule has 98 valence electrons. The minimum atomic E-state index is -0.414. The molecule has 0 spiro atoms. The van der Waals surface area contributed by atoms with Crippen molar-refractivity contribution >= 4 is 11.6 Å². The number of benzene rings is 1. The van der Waals surface area contributed by atoms with Gasteiger partial charge >= 0.3 is 0 Å². The zero-order valence-electron chi connectivity index (χ0n) is 10.9. The first kappa shape index (κ1) is 12.9. The lowest BCUT2D eigenvalue weighted by molar-refractivity contribution is 0.0682. The average Bonchev–Trinajstić information content (AvgIpc) is 2.34. The Morgan fingerprint density at radius 3 is 2.83 bits per heavy atom. The molecule has 1 saturated heterocycles. The monoisotopic (exact) mass is 250 g/mol. The van der Waals surface area contributed by atoms with Crippen molar-refractivity contribution in [3.63, 3.8) is 0 Å². The molecule has 1 aliphatic heterocycles. The number of piperidine rings is 1. The van der Waals surface area contributed by atoms with E-state index in [2.05, 4.69) is 6.92 Å². The maximum atomic E-state index is 13.6. The first-order valence-electron chi connectivity index (χ1n) is 6.34. The fourth-order valence-corrected chi connectivity index (χ4v) is 2.38. The molecule has 0 aromatic heterocycles. The van der Waals surface area contributed by atoms with Crippen LogP contribution in [-0.4, -0.2) is 23.9 Å². The lowest BCUT2D eigenvalue weighted by Gasteiger charge is -2.31. The molecule has 1 aliphatic rings. The Morgan fingerprint density at radius 1 is 1.50 bits per heavy atom. The quantitative estimate of drug-likeness (QED) is 0.779. The molecule has 1 heterocycles. The first-order valence-corrected chi connectivity index (χ1v) is 6.34. The number of amides is 1. The van der Waals surface area contributed by atoms with Gasteiger partial charge in [0.2, 0.25) is 0 Å². The topological polar surface area (TPSA) is 46.3 Å². The third kappa shape index (κ3) is 2.47. The molecule has 18 heavy (non-hydrogen) atoms. The van der Waals surface area contributed by atoms with E-state index in [0.29, 0.717) is 22.7 Å². The second-order valence-electron chi connectivity index (χ2n) is 5.17. The van der Waals surface area contributed by atoms with Crippen molar-refractivity contribution in [2.75, 3.05) is 18.8 Å². The summed E-state index contributed by atoms with van der Waals surface area (Å²) in [6, 6.07) is 2.85. The van der Waals surface area contributed by atoms with Gasteiger partial charge in [0.05, 0.1) is 0 Å². The minimum absolute atomic E-state index is 0.118. The SMILES string of the molecule is Cc1c(N)cc(C(=O)N2CCCC(C)C2)cc1F. The highest BCUT2D eigenvalue weighted by molar-refractivity contribution is 5.95. The number of hydrogen-bond acceptors (Lipinski definition) is 2. The van der Waals surface area contributed by atoms with E-state index in [4.69, 9.17) is 5.73 Å². The summed E-state index contributed by atoms with van der Waals surface area (Å²) >= 11 is 0. The van der Waals surface area contributed by atoms with Gasteiger partial charge in [-0.1, -0.05) is 6.92 Å². The Morgan fingerprint density at radius 2 is 2.22 bits per heavy atom. The molecule has 3 nitrogen and oxygen atoms in total. The van der Waals surface area contributed by atoms with Crippen LogP contribution in [-0.2, 0) is 0 Å². The van der Waals surface area contributed by atoms with Crippen LogP contribution < -0.4 is 5.73 Å². The fourth-order valence-electron chi connectivity index (χ4n) is 2.38. The van der Waals surface area contributed by atoms with E-state index in [1.165, 1.54) is 6.07 Å². The van der Waals surface area contributed by atoms with Crippen LogP contribution in [0.1, 0.15) is 35.7 Å². The highest BCUT2D eigenvalue weighted by Crippen LogP contribution is 2.21. The van der Waals surface area contributed by atoms with Crippen LogP contribution in [0.4, 0.5) is 10.1 Å². The number of nitrogen functional groups attached to an aromatic ring is 1. The molecule has 1 atom stereocenters. The molecule has 1 fully saturated rings. The Balaban J connectivity index is 2.23. The van der Waals surface area contributed by atoms with Gasteiger partial charge in [-0.05, 0) is 37.8 Å². The number of likely N-dealkylation sites (tertiary alicyclic amines) is 1. The van der Waals surface area contributed by atoms with Crippen LogP contribution in [0.5, 0.6) is 0 Å². The molecular formula is C14H19FN2O. The number of halogens is 1. The van der Waals surface area contributed by atoms with E-state index >= 15 is 0 Å². The van der Waals surface area contributed by atoms with Crippen LogP contribution in [0.25, 0.3) is 0 Å². The molecule has 1 aromatic rings. The summed E-state index contributed by atoms with van der Waals surface area (Å²) in [7, 11) is 0. The van der Waals surface area contributed by atoms with Crippen molar-refractivity contribution in [1.29, 1.82) is 0 Å². The van der Waals surface area contributed by atoms with Crippen molar-refractivity contribution in [1.82, 2.24) is 4.90 Å². The summed E-state index contributed by atoms with van der Waals surface area (Å²) in [6.45, 7) is 5.23. The van der Waals surface area contributed by atoms with Gasteiger partial charge in [-0.2, -0.15) is 0 Å². The molecule has 0 bridgehead atoms. The summed E-state index contributed by atoms with van der Waals surface area (Å²) in [6.07, 6.45) is 2.16. The van der Waals surface area contributed by atoms with E-state index in [-0.39, 0.29) is 5.91 Å². The van der Waals surface area contributed by atoms with Crippen molar-refractivity contribution < 1.29 is 9.18 Å². The Kier molecular flexibility index (Phi) is 3.55.